The summed E-state index contributed by atoms with van der Waals surface area (Å²) in [6, 6.07) is 4.47. The first-order valence-corrected chi connectivity index (χ1v) is 5.82. The number of aromatic nitrogens is 1. The molecule has 0 aliphatic carbocycles. The third-order valence-corrected chi connectivity index (χ3v) is 2.66. The number of pyridine rings is 1. The number of ether oxygens (including phenoxy) is 1. The Morgan fingerprint density at radius 2 is 2.14 bits per heavy atom. The second-order valence-corrected chi connectivity index (χ2v) is 4.17. The van der Waals surface area contributed by atoms with Gasteiger partial charge >= 0.3 is 0 Å². The van der Waals surface area contributed by atoms with Crippen LogP contribution in [0.4, 0.5) is 15.9 Å². The number of halogens is 1. The highest BCUT2D eigenvalue weighted by atomic mass is 19.1. The Kier molecular flexibility index (Phi) is 3.79. The third kappa shape index (κ3) is 2.94. The van der Waals surface area contributed by atoms with Crippen molar-refractivity contribution in [3.8, 4) is 11.5 Å². The number of benzene rings is 1. The van der Waals surface area contributed by atoms with Crippen LogP contribution in [-0.2, 0) is 0 Å². The summed E-state index contributed by atoms with van der Waals surface area (Å²) in [5.74, 6) is -0.841. The van der Waals surface area contributed by atoms with E-state index in [1.54, 1.807) is 0 Å². The molecule has 3 N–H and O–H groups in total. The fourth-order valence-electron chi connectivity index (χ4n) is 1.73. The molecule has 2 rings (SSSR count). The number of nitrogens with two attached hydrogens (primary N) is 1. The highest BCUT2D eigenvalue weighted by Gasteiger charge is 2.16. The molecule has 8 heteroatoms. The lowest BCUT2D eigenvalue weighted by Crippen LogP contribution is -2.05. The summed E-state index contributed by atoms with van der Waals surface area (Å²) < 4.78 is 19.2. The van der Waals surface area contributed by atoms with E-state index in [4.69, 9.17) is 15.9 Å². The van der Waals surface area contributed by atoms with E-state index < -0.39 is 10.7 Å². The molecule has 2 aromatic rings. The van der Waals surface area contributed by atoms with Crippen LogP contribution in [0.1, 0.15) is 12.5 Å². The van der Waals surface area contributed by atoms with Gasteiger partial charge in [-0.05, 0) is 19.1 Å². The van der Waals surface area contributed by atoms with Gasteiger partial charge in [0.25, 0.3) is 5.69 Å². The molecule has 0 spiro atoms. The number of nitro groups is 1. The number of non-ortho nitro benzene ring substituents is 1. The van der Waals surface area contributed by atoms with Crippen LogP contribution in [0.3, 0.4) is 0 Å². The molecule has 0 saturated heterocycles. The second kappa shape index (κ2) is 5.53. The minimum absolute atomic E-state index is 0.0855. The van der Waals surface area contributed by atoms with E-state index in [1.807, 2.05) is 0 Å². The van der Waals surface area contributed by atoms with Gasteiger partial charge in [0, 0.05) is 18.0 Å². The summed E-state index contributed by atoms with van der Waals surface area (Å²) in [5, 5.41) is 18.2. The normalized spacial score (nSPS) is 10.2. The van der Waals surface area contributed by atoms with Gasteiger partial charge in [-0.2, -0.15) is 0 Å². The van der Waals surface area contributed by atoms with Crippen molar-refractivity contribution in [2.45, 2.75) is 6.92 Å². The molecule has 0 saturated carbocycles. The standard InChI is InChI=1S/C13H11FN4O3/c1-7(15)12-11(4-5-17-13(12)16)21-10-3-2-8(18(19)20)6-9(10)14/h2-6,15H,1H3,(H2,16,17). The summed E-state index contributed by atoms with van der Waals surface area (Å²) in [4.78, 5) is 13.7. The summed E-state index contributed by atoms with van der Waals surface area (Å²) in [5.41, 5.74) is 5.64. The molecule has 0 atom stereocenters. The number of nitrogens with zero attached hydrogens (tertiary/aromatic N) is 2. The lowest BCUT2D eigenvalue weighted by Gasteiger charge is -2.12. The molecule has 0 bridgehead atoms. The SMILES string of the molecule is CC(=N)c1c(Oc2ccc([N+](=O)[O-])cc2F)ccnc1N. The molecule has 1 aromatic heterocycles. The maximum Gasteiger partial charge on any atom is 0.272 e. The van der Waals surface area contributed by atoms with Gasteiger partial charge in [-0.15, -0.1) is 0 Å². The van der Waals surface area contributed by atoms with Crippen molar-refractivity contribution in [2.24, 2.45) is 0 Å². The average Bonchev–Trinajstić information content (AvgIpc) is 2.40. The molecule has 0 unspecified atom stereocenters. The van der Waals surface area contributed by atoms with Crippen molar-refractivity contribution in [1.82, 2.24) is 4.98 Å². The number of rotatable bonds is 4. The molecular weight excluding hydrogens is 279 g/mol. The zero-order chi connectivity index (χ0) is 15.6. The van der Waals surface area contributed by atoms with Crippen LogP contribution in [0.5, 0.6) is 11.5 Å². The molecule has 7 nitrogen and oxygen atoms in total. The van der Waals surface area contributed by atoms with Crippen LogP contribution in [0.2, 0.25) is 0 Å². The minimum Gasteiger partial charge on any atom is -0.453 e. The largest absolute Gasteiger partial charge is 0.453 e. The van der Waals surface area contributed by atoms with Crippen molar-refractivity contribution >= 4 is 17.2 Å². The molecule has 1 heterocycles. The predicted octanol–water partition coefficient (Wildman–Crippen LogP) is 2.89. The van der Waals surface area contributed by atoms with E-state index in [0.29, 0.717) is 0 Å². The van der Waals surface area contributed by atoms with E-state index >= 15 is 0 Å². The van der Waals surface area contributed by atoms with E-state index in [0.717, 1.165) is 18.2 Å². The predicted molar refractivity (Wildman–Crippen MR) is 74.3 cm³/mol. The zero-order valence-corrected chi connectivity index (χ0v) is 11.0. The Bertz CT molecular complexity index is 733. The van der Waals surface area contributed by atoms with E-state index in [9.17, 15) is 14.5 Å². The maximum absolute atomic E-state index is 13.8. The zero-order valence-electron chi connectivity index (χ0n) is 11.0. The molecule has 108 valence electrons. The van der Waals surface area contributed by atoms with Crippen molar-refractivity contribution in [2.75, 3.05) is 5.73 Å². The molecular formula is C13H11FN4O3. The Labute approximate surface area is 118 Å². The van der Waals surface area contributed by atoms with Gasteiger partial charge in [-0.1, -0.05) is 0 Å². The molecule has 0 radical (unpaired) electrons. The van der Waals surface area contributed by atoms with Crippen molar-refractivity contribution < 1.29 is 14.1 Å². The number of nitrogen functional groups attached to an aromatic ring is 1. The topological polar surface area (TPSA) is 115 Å². The van der Waals surface area contributed by atoms with Gasteiger partial charge in [0.15, 0.2) is 11.6 Å². The quantitative estimate of drug-likeness (QED) is 0.510. The number of hydrogen-bond donors (Lipinski definition) is 2. The van der Waals surface area contributed by atoms with Crippen molar-refractivity contribution in [1.29, 1.82) is 5.41 Å². The second-order valence-electron chi connectivity index (χ2n) is 4.17. The van der Waals surface area contributed by atoms with Crippen molar-refractivity contribution in [3.63, 3.8) is 0 Å². The molecule has 0 fully saturated rings. The fraction of sp³-hybridized carbons (Fsp3) is 0.0769. The Morgan fingerprint density at radius 1 is 1.43 bits per heavy atom. The van der Waals surface area contributed by atoms with Gasteiger partial charge in [-0.3, -0.25) is 10.1 Å². The first kappa shape index (κ1) is 14.4. The van der Waals surface area contributed by atoms with Crippen LogP contribution in [-0.4, -0.2) is 15.6 Å². The van der Waals surface area contributed by atoms with E-state index in [-0.39, 0.29) is 34.3 Å². The van der Waals surface area contributed by atoms with Gasteiger partial charge in [0.05, 0.1) is 16.6 Å². The summed E-state index contributed by atoms with van der Waals surface area (Å²) in [6.45, 7) is 1.49. The molecule has 0 aliphatic rings. The van der Waals surface area contributed by atoms with Gasteiger partial charge in [0.1, 0.15) is 11.6 Å². The van der Waals surface area contributed by atoms with Crippen LogP contribution >= 0.6 is 0 Å². The average molecular weight is 290 g/mol. The van der Waals surface area contributed by atoms with E-state index in [2.05, 4.69) is 4.98 Å². The summed E-state index contributed by atoms with van der Waals surface area (Å²) in [6.07, 6.45) is 1.36. The number of nitrogens with one attached hydrogen (secondary N) is 1. The lowest BCUT2D eigenvalue weighted by molar-refractivity contribution is -0.385. The minimum atomic E-state index is -0.881. The van der Waals surface area contributed by atoms with Gasteiger partial charge in [-0.25, -0.2) is 9.37 Å². The number of anilines is 1. The van der Waals surface area contributed by atoms with Crippen LogP contribution < -0.4 is 10.5 Å². The monoisotopic (exact) mass is 290 g/mol. The first-order chi connectivity index (χ1) is 9.90. The Morgan fingerprint density at radius 3 is 2.71 bits per heavy atom. The van der Waals surface area contributed by atoms with Crippen LogP contribution in [0.25, 0.3) is 0 Å². The lowest BCUT2D eigenvalue weighted by atomic mass is 10.1. The first-order valence-electron chi connectivity index (χ1n) is 5.82. The molecule has 0 aliphatic heterocycles. The highest BCUT2D eigenvalue weighted by molar-refractivity contribution is 6.02. The molecule has 0 amide bonds. The fourth-order valence-corrected chi connectivity index (χ4v) is 1.73. The van der Waals surface area contributed by atoms with Crippen LogP contribution in [0.15, 0.2) is 30.5 Å². The van der Waals surface area contributed by atoms with Crippen molar-refractivity contribution in [3.05, 3.63) is 52.0 Å². The number of hydrogen-bond acceptors (Lipinski definition) is 6. The maximum atomic E-state index is 13.8. The molecule has 21 heavy (non-hydrogen) atoms. The Balaban J connectivity index is 2.42. The summed E-state index contributed by atoms with van der Waals surface area (Å²) >= 11 is 0. The summed E-state index contributed by atoms with van der Waals surface area (Å²) in [7, 11) is 0. The van der Waals surface area contributed by atoms with E-state index in [1.165, 1.54) is 19.2 Å². The molecule has 1 aromatic carbocycles. The highest BCUT2D eigenvalue weighted by Crippen LogP contribution is 2.31. The number of nitro benzene ring substituents is 1. The Hall–Kier alpha value is -3.03. The van der Waals surface area contributed by atoms with Gasteiger partial charge in [0.2, 0.25) is 0 Å². The van der Waals surface area contributed by atoms with Gasteiger partial charge < -0.3 is 15.9 Å². The van der Waals surface area contributed by atoms with Crippen LogP contribution in [0, 0.1) is 21.3 Å². The smallest absolute Gasteiger partial charge is 0.272 e. The third-order valence-electron chi connectivity index (χ3n) is 2.66.